The highest BCUT2D eigenvalue weighted by Gasteiger charge is 2.18. The molecule has 0 aliphatic carbocycles. The summed E-state index contributed by atoms with van der Waals surface area (Å²) in [4.78, 5) is 5.07. The van der Waals surface area contributed by atoms with Gasteiger partial charge in [-0.05, 0) is 51.6 Å². The Balaban J connectivity index is 1.95. The topological polar surface area (TPSA) is 18.5 Å². The number of benzene rings is 1. The van der Waals surface area contributed by atoms with Gasteiger partial charge in [0.1, 0.15) is 0 Å². The van der Waals surface area contributed by atoms with Gasteiger partial charge in [0.15, 0.2) is 0 Å². The van der Waals surface area contributed by atoms with E-state index in [1.165, 1.54) is 24.3 Å². The number of nitrogens with zero attached hydrogens (tertiary/aromatic N) is 2. The van der Waals surface area contributed by atoms with Gasteiger partial charge >= 0.3 is 0 Å². The second-order valence-electron chi connectivity index (χ2n) is 5.64. The van der Waals surface area contributed by atoms with Crippen LogP contribution in [-0.2, 0) is 6.42 Å². The first-order valence-electron chi connectivity index (χ1n) is 7.43. The maximum Gasteiger partial charge on any atom is 0.0369 e. The monoisotopic (exact) mass is 261 g/mol. The number of hydrogen-bond acceptors (Lipinski definition) is 3. The fourth-order valence-electron chi connectivity index (χ4n) is 2.67. The molecule has 1 aromatic rings. The average Bonchev–Trinajstić information content (AvgIpc) is 2.45. The van der Waals surface area contributed by atoms with Crippen LogP contribution in [0.5, 0.6) is 0 Å². The number of piperazine rings is 1. The van der Waals surface area contributed by atoms with E-state index in [0.717, 1.165) is 26.1 Å². The highest BCUT2D eigenvalue weighted by molar-refractivity contribution is 5.49. The van der Waals surface area contributed by atoms with Crippen molar-refractivity contribution in [3.8, 4) is 0 Å². The van der Waals surface area contributed by atoms with Gasteiger partial charge in [-0.3, -0.25) is 4.90 Å². The predicted molar refractivity (Wildman–Crippen MR) is 83.0 cm³/mol. The summed E-state index contributed by atoms with van der Waals surface area (Å²) in [6, 6.07) is 9.68. The van der Waals surface area contributed by atoms with Crippen LogP contribution in [0.3, 0.4) is 0 Å². The summed E-state index contributed by atoms with van der Waals surface area (Å²) in [5, 5.41) is 3.21. The molecule has 106 valence electrons. The Morgan fingerprint density at radius 1 is 1.16 bits per heavy atom. The fourth-order valence-corrected chi connectivity index (χ4v) is 2.67. The summed E-state index contributed by atoms with van der Waals surface area (Å²) >= 11 is 0. The Morgan fingerprint density at radius 2 is 1.89 bits per heavy atom. The minimum atomic E-state index is 0.670. The molecular formula is C16H27N3. The van der Waals surface area contributed by atoms with E-state index in [2.05, 4.69) is 53.2 Å². The normalized spacial score (nSPS) is 17.2. The predicted octanol–water partition coefficient (Wildman–Crippen LogP) is 1.98. The van der Waals surface area contributed by atoms with Crippen molar-refractivity contribution in [1.82, 2.24) is 10.2 Å². The molecule has 0 spiro atoms. The Labute approximate surface area is 117 Å². The van der Waals surface area contributed by atoms with Crippen molar-refractivity contribution >= 4 is 5.69 Å². The van der Waals surface area contributed by atoms with Crippen molar-refractivity contribution < 1.29 is 0 Å². The molecule has 0 aromatic heterocycles. The first-order chi connectivity index (χ1) is 9.20. The smallest absolute Gasteiger partial charge is 0.0369 e. The van der Waals surface area contributed by atoms with Gasteiger partial charge in [0.25, 0.3) is 0 Å². The van der Waals surface area contributed by atoms with Gasteiger partial charge in [0.05, 0.1) is 0 Å². The van der Waals surface area contributed by atoms with Gasteiger partial charge in [0, 0.05) is 37.9 Å². The van der Waals surface area contributed by atoms with Crippen molar-refractivity contribution in [2.75, 3.05) is 44.7 Å². The Morgan fingerprint density at radius 3 is 2.53 bits per heavy atom. The summed E-state index contributed by atoms with van der Waals surface area (Å²) in [5.74, 6) is 0. The first kappa shape index (κ1) is 14.4. The molecule has 19 heavy (non-hydrogen) atoms. The van der Waals surface area contributed by atoms with Gasteiger partial charge in [-0.2, -0.15) is 0 Å². The Bertz CT molecular complexity index is 381. The SMILES string of the molecule is CNCCc1cccc(N2CCN(C(C)C)CC2)c1. The van der Waals surface area contributed by atoms with Crippen LogP contribution in [0.4, 0.5) is 5.69 Å². The van der Waals surface area contributed by atoms with Crippen LogP contribution in [-0.4, -0.2) is 50.7 Å². The summed E-state index contributed by atoms with van der Waals surface area (Å²) in [7, 11) is 2.01. The highest BCUT2D eigenvalue weighted by Crippen LogP contribution is 2.19. The van der Waals surface area contributed by atoms with E-state index in [1.807, 2.05) is 7.05 Å². The lowest BCUT2D eigenvalue weighted by Crippen LogP contribution is -2.48. The zero-order chi connectivity index (χ0) is 13.7. The molecule has 3 heteroatoms. The van der Waals surface area contributed by atoms with Crippen molar-refractivity contribution in [2.24, 2.45) is 0 Å². The maximum atomic E-state index is 3.21. The van der Waals surface area contributed by atoms with Gasteiger partial charge in [-0.25, -0.2) is 0 Å². The number of rotatable bonds is 5. The first-order valence-corrected chi connectivity index (χ1v) is 7.43. The summed E-state index contributed by atoms with van der Waals surface area (Å²) in [6.45, 7) is 10.3. The summed E-state index contributed by atoms with van der Waals surface area (Å²) in [5.41, 5.74) is 2.81. The van der Waals surface area contributed by atoms with Crippen LogP contribution < -0.4 is 10.2 Å². The molecular weight excluding hydrogens is 234 g/mol. The van der Waals surface area contributed by atoms with Crippen molar-refractivity contribution in [2.45, 2.75) is 26.3 Å². The molecule has 1 heterocycles. The van der Waals surface area contributed by atoms with E-state index in [1.54, 1.807) is 0 Å². The Kier molecular flexibility index (Phi) is 5.23. The zero-order valence-electron chi connectivity index (χ0n) is 12.5. The lowest BCUT2D eigenvalue weighted by atomic mass is 10.1. The fraction of sp³-hybridized carbons (Fsp3) is 0.625. The largest absolute Gasteiger partial charge is 0.369 e. The molecule has 1 aromatic carbocycles. The lowest BCUT2D eigenvalue weighted by Gasteiger charge is -2.38. The van der Waals surface area contributed by atoms with Crippen molar-refractivity contribution in [1.29, 1.82) is 0 Å². The minimum absolute atomic E-state index is 0.670. The second-order valence-corrected chi connectivity index (χ2v) is 5.64. The van der Waals surface area contributed by atoms with Crippen LogP contribution in [0.15, 0.2) is 24.3 Å². The van der Waals surface area contributed by atoms with Crippen LogP contribution in [0, 0.1) is 0 Å². The standard InChI is InChI=1S/C16H27N3/c1-14(2)18-9-11-19(12-10-18)16-6-4-5-15(13-16)7-8-17-3/h4-6,13-14,17H,7-12H2,1-3H3. The van der Waals surface area contributed by atoms with Gasteiger partial charge < -0.3 is 10.2 Å². The lowest BCUT2D eigenvalue weighted by molar-refractivity contribution is 0.209. The third-order valence-electron chi connectivity index (χ3n) is 3.98. The van der Waals surface area contributed by atoms with Crippen molar-refractivity contribution in [3.63, 3.8) is 0 Å². The van der Waals surface area contributed by atoms with E-state index in [0.29, 0.717) is 6.04 Å². The molecule has 0 amide bonds. The maximum absolute atomic E-state index is 3.21. The number of anilines is 1. The molecule has 0 bridgehead atoms. The van der Waals surface area contributed by atoms with Gasteiger partial charge in [0.2, 0.25) is 0 Å². The summed E-state index contributed by atoms with van der Waals surface area (Å²) in [6.07, 6.45) is 1.11. The van der Waals surface area contributed by atoms with Crippen LogP contribution in [0.2, 0.25) is 0 Å². The number of nitrogens with one attached hydrogen (secondary N) is 1. The molecule has 0 unspecified atom stereocenters. The third kappa shape index (κ3) is 3.95. The molecule has 0 saturated carbocycles. The Hall–Kier alpha value is -1.06. The molecule has 1 saturated heterocycles. The van der Waals surface area contributed by atoms with Crippen LogP contribution in [0.1, 0.15) is 19.4 Å². The van der Waals surface area contributed by atoms with Crippen molar-refractivity contribution in [3.05, 3.63) is 29.8 Å². The third-order valence-corrected chi connectivity index (χ3v) is 3.98. The molecule has 3 nitrogen and oxygen atoms in total. The summed E-state index contributed by atoms with van der Waals surface area (Å²) < 4.78 is 0. The molecule has 1 aliphatic rings. The minimum Gasteiger partial charge on any atom is -0.369 e. The highest BCUT2D eigenvalue weighted by atomic mass is 15.3. The average molecular weight is 261 g/mol. The quantitative estimate of drug-likeness (QED) is 0.874. The van der Waals surface area contributed by atoms with E-state index in [4.69, 9.17) is 0 Å². The van der Waals surface area contributed by atoms with Gasteiger partial charge in [-0.1, -0.05) is 12.1 Å². The molecule has 2 rings (SSSR count). The molecule has 1 fully saturated rings. The van der Waals surface area contributed by atoms with Gasteiger partial charge in [-0.15, -0.1) is 0 Å². The second kappa shape index (κ2) is 6.92. The van der Waals surface area contributed by atoms with E-state index < -0.39 is 0 Å². The molecule has 1 aliphatic heterocycles. The van der Waals surface area contributed by atoms with Crippen LogP contribution in [0.25, 0.3) is 0 Å². The number of hydrogen-bond donors (Lipinski definition) is 1. The zero-order valence-corrected chi connectivity index (χ0v) is 12.5. The molecule has 0 atom stereocenters. The van der Waals surface area contributed by atoms with E-state index in [9.17, 15) is 0 Å². The van der Waals surface area contributed by atoms with Crippen LogP contribution >= 0.6 is 0 Å². The number of likely N-dealkylation sites (N-methyl/N-ethyl adjacent to an activating group) is 1. The van der Waals surface area contributed by atoms with E-state index in [-0.39, 0.29) is 0 Å². The molecule has 1 N–H and O–H groups in total. The van der Waals surface area contributed by atoms with E-state index >= 15 is 0 Å². The molecule has 0 radical (unpaired) electrons.